The smallest absolute Gasteiger partial charge is 0.225 e. The van der Waals surface area contributed by atoms with Crippen LogP contribution >= 0.6 is 0 Å². The van der Waals surface area contributed by atoms with Crippen LogP contribution in [0.3, 0.4) is 0 Å². The number of carbonyl (C=O) groups is 1. The Labute approximate surface area is 214 Å². The second-order valence-electron chi connectivity index (χ2n) is 9.71. The van der Waals surface area contributed by atoms with E-state index in [-0.39, 0.29) is 24.4 Å². The molecule has 1 unspecified atom stereocenters. The Kier molecular flexibility index (Phi) is 6.07. The molecule has 1 saturated heterocycles. The number of tetrazole rings is 1. The van der Waals surface area contributed by atoms with Crippen LogP contribution in [0.1, 0.15) is 44.3 Å². The lowest BCUT2D eigenvalue weighted by Crippen LogP contribution is -2.44. The lowest BCUT2D eigenvalue weighted by Gasteiger charge is -2.39. The summed E-state index contributed by atoms with van der Waals surface area (Å²) in [5.74, 6) is 1.33. The highest BCUT2D eigenvalue weighted by Crippen LogP contribution is 2.34. The molecule has 1 aromatic carbocycles. The van der Waals surface area contributed by atoms with Gasteiger partial charge in [0.25, 0.3) is 0 Å². The fourth-order valence-electron chi connectivity index (χ4n) is 5.49. The minimum atomic E-state index is -0.297. The van der Waals surface area contributed by atoms with Gasteiger partial charge >= 0.3 is 0 Å². The lowest BCUT2D eigenvalue weighted by atomic mass is 9.92. The van der Waals surface area contributed by atoms with E-state index in [4.69, 9.17) is 4.74 Å². The zero-order chi connectivity index (χ0) is 25.4. The van der Waals surface area contributed by atoms with Gasteiger partial charge in [0.2, 0.25) is 5.91 Å². The zero-order valence-electron chi connectivity index (χ0n) is 21.0. The van der Waals surface area contributed by atoms with Crippen LogP contribution in [-0.4, -0.2) is 65.2 Å². The summed E-state index contributed by atoms with van der Waals surface area (Å²) in [6.45, 7) is 6.23. The van der Waals surface area contributed by atoms with Gasteiger partial charge in [-0.15, -0.1) is 5.10 Å². The number of rotatable bonds is 7. The van der Waals surface area contributed by atoms with Crippen molar-refractivity contribution >= 4 is 27.8 Å². The third kappa shape index (κ3) is 4.32. The van der Waals surface area contributed by atoms with Gasteiger partial charge in [-0.25, -0.2) is 9.67 Å². The number of piperidine rings is 1. The van der Waals surface area contributed by atoms with E-state index in [1.807, 2.05) is 48.5 Å². The molecule has 0 saturated carbocycles. The number of benzene rings is 1. The maximum Gasteiger partial charge on any atom is 0.225 e. The number of nitrogens with zero attached hydrogens (tertiary/aromatic N) is 7. The number of aromatic amines is 1. The van der Waals surface area contributed by atoms with Crippen LogP contribution in [0.25, 0.3) is 21.9 Å². The zero-order valence-corrected chi connectivity index (χ0v) is 21.0. The molecule has 190 valence electrons. The number of hydrogen-bond donors (Lipinski definition) is 1. The van der Waals surface area contributed by atoms with Gasteiger partial charge in [0.05, 0.1) is 30.6 Å². The molecule has 1 aliphatic rings. The van der Waals surface area contributed by atoms with Gasteiger partial charge in [-0.05, 0) is 59.5 Å². The lowest BCUT2D eigenvalue weighted by molar-refractivity contribution is -0.134. The Morgan fingerprint density at radius 2 is 2.08 bits per heavy atom. The summed E-state index contributed by atoms with van der Waals surface area (Å²) in [5.41, 5.74) is 3.01. The summed E-state index contributed by atoms with van der Waals surface area (Å²) in [6.07, 6.45) is 8.76. The van der Waals surface area contributed by atoms with Crippen LogP contribution < -0.4 is 4.74 Å². The minimum Gasteiger partial charge on any atom is -0.494 e. The van der Waals surface area contributed by atoms with Gasteiger partial charge in [-0.2, -0.15) is 0 Å². The molecular formula is C27H30N8O2. The van der Waals surface area contributed by atoms with Crippen LogP contribution in [0, 0.1) is 5.92 Å². The topological polar surface area (TPSA) is 107 Å². The quantitative estimate of drug-likeness (QED) is 0.364. The number of fused-ring (bicyclic) bond motifs is 3. The Morgan fingerprint density at radius 1 is 1.22 bits per heavy atom. The molecule has 1 aliphatic heterocycles. The Morgan fingerprint density at radius 3 is 2.86 bits per heavy atom. The van der Waals surface area contributed by atoms with Crippen LogP contribution in [0.15, 0.2) is 61.3 Å². The Bertz CT molecular complexity index is 1500. The monoisotopic (exact) mass is 498 g/mol. The molecule has 0 bridgehead atoms. The Balaban J connectivity index is 1.26. The normalized spacial score (nSPS) is 18.9. The first kappa shape index (κ1) is 23.2. The number of amides is 1. The summed E-state index contributed by atoms with van der Waals surface area (Å²) in [6, 6.07) is 11.9. The number of ether oxygens (including phenoxy) is 1. The highest BCUT2D eigenvalue weighted by molar-refractivity contribution is 6.02. The van der Waals surface area contributed by atoms with Gasteiger partial charge < -0.3 is 19.2 Å². The SMILES string of the molecule is CCOc1ccc(C(CC(=O)N2CC[C@@H](C)[C@@H](n3ccc4cnc5[nH]ccc5c43)C2)n2cnnn2)cc1. The van der Waals surface area contributed by atoms with E-state index in [1.165, 1.54) is 5.52 Å². The minimum absolute atomic E-state index is 0.0937. The van der Waals surface area contributed by atoms with E-state index in [9.17, 15) is 4.79 Å². The number of H-pyrrole nitrogens is 1. The van der Waals surface area contributed by atoms with Crippen molar-refractivity contribution in [2.45, 2.75) is 38.8 Å². The number of nitrogens with one attached hydrogen (secondary N) is 1. The molecule has 3 atom stereocenters. The first-order valence-corrected chi connectivity index (χ1v) is 12.8. The number of carbonyl (C=O) groups excluding carboxylic acids is 1. The summed E-state index contributed by atoms with van der Waals surface area (Å²) < 4.78 is 9.58. The molecule has 1 N–H and O–H groups in total. The molecule has 1 amide bonds. The fraction of sp³-hybridized carbons (Fsp3) is 0.370. The van der Waals surface area contributed by atoms with E-state index >= 15 is 0 Å². The van der Waals surface area contributed by atoms with Crippen molar-refractivity contribution in [1.29, 1.82) is 0 Å². The molecule has 6 rings (SSSR count). The molecule has 10 nitrogen and oxygen atoms in total. The molecule has 10 heteroatoms. The molecule has 37 heavy (non-hydrogen) atoms. The number of hydrogen-bond acceptors (Lipinski definition) is 6. The van der Waals surface area contributed by atoms with Crippen molar-refractivity contribution in [2.75, 3.05) is 19.7 Å². The predicted molar refractivity (Wildman–Crippen MR) is 139 cm³/mol. The number of likely N-dealkylation sites (tertiary alicyclic amines) is 1. The van der Waals surface area contributed by atoms with Crippen molar-refractivity contribution < 1.29 is 9.53 Å². The van der Waals surface area contributed by atoms with E-state index in [0.29, 0.717) is 19.1 Å². The van der Waals surface area contributed by atoms with Crippen molar-refractivity contribution in [3.63, 3.8) is 0 Å². The fourth-order valence-corrected chi connectivity index (χ4v) is 5.49. The van der Waals surface area contributed by atoms with Gasteiger partial charge in [0, 0.05) is 42.5 Å². The highest BCUT2D eigenvalue weighted by atomic mass is 16.5. The molecule has 0 aliphatic carbocycles. The summed E-state index contributed by atoms with van der Waals surface area (Å²) >= 11 is 0. The van der Waals surface area contributed by atoms with Gasteiger partial charge in [-0.1, -0.05) is 19.1 Å². The van der Waals surface area contributed by atoms with Crippen molar-refractivity contribution in [3.05, 3.63) is 66.9 Å². The predicted octanol–water partition coefficient (Wildman–Crippen LogP) is 3.99. The summed E-state index contributed by atoms with van der Waals surface area (Å²) in [5, 5.41) is 14.0. The largest absolute Gasteiger partial charge is 0.494 e. The maximum absolute atomic E-state index is 13.7. The average molecular weight is 499 g/mol. The molecule has 5 aromatic rings. The van der Waals surface area contributed by atoms with Crippen LogP contribution in [0.5, 0.6) is 5.75 Å². The number of pyridine rings is 1. The molecule has 5 heterocycles. The van der Waals surface area contributed by atoms with E-state index in [1.54, 1.807) is 11.0 Å². The summed E-state index contributed by atoms with van der Waals surface area (Å²) in [4.78, 5) is 23.4. The standard InChI is InChI=1S/C27H30N8O2/c1-3-37-21-6-4-19(5-7-21)23(35-17-30-31-32-35)14-25(36)33-12-9-18(2)24(16-33)34-13-10-20-15-29-27-22(26(20)34)8-11-28-27/h4-8,10-11,13,15,17-18,23-24H,3,9,12,14,16H2,1-2H3,(H,28,29)/t18-,23?,24+/m1/s1. The molecule has 0 radical (unpaired) electrons. The van der Waals surface area contributed by atoms with Gasteiger partial charge in [-0.3, -0.25) is 4.79 Å². The van der Waals surface area contributed by atoms with Crippen molar-refractivity contribution in [2.24, 2.45) is 5.92 Å². The molecular weight excluding hydrogens is 468 g/mol. The first-order valence-electron chi connectivity index (χ1n) is 12.8. The Hall–Kier alpha value is -4.21. The van der Waals surface area contributed by atoms with Crippen LogP contribution in [0.2, 0.25) is 0 Å². The van der Waals surface area contributed by atoms with E-state index < -0.39 is 0 Å². The second kappa shape index (κ2) is 9.68. The third-order valence-corrected chi connectivity index (χ3v) is 7.52. The third-order valence-electron chi connectivity index (χ3n) is 7.52. The first-order chi connectivity index (χ1) is 18.1. The van der Waals surface area contributed by atoms with E-state index in [0.717, 1.165) is 40.7 Å². The number of aromatic nitrogens is 7. The molecule has 4 aromatic heterocycles. The van der Waals surface area contributed by atoms with Crippen molar-refractivity contribution in [1.82, 2.24) is 39.6 Å². The summed E-state index contributed by atoms with van der Waals surface area (Å²) in [7, 11) is 0. The highest BCUT2D eigenvalue weighted by Gasteiger charge is 2.32. The van der Waals surface area contributed by atoms with Gasteiger partial charge in [0.15, 0.2) is 0 Å². The molecule has 1 fully saturated rings. The maximum atomic E-state index is 13.7. The van der Waals surface area contributed by atoms with Crippen LogP contribution in [0.4, 0.5) is 0 Å². The average Bonchev–Trinajstić information content (AvgIpc) is 3.69. The van der Waals surface area contributed by atoms with Crippen LogP contribution in [-0.2, 0) is 4.79 Å². The van der Waals surface area contributed by atoms with Gasteiger partial charge in [0.1, 0.15) is 17.7 Å². The van der Waals surface area contributed by atoms with Crippen molar-refractivity contribution in [3.8, 4) is 5.75 Å². The second-order valence-corrected chi connectivity index (χ2v) is 9.71. The molecule has 0 spiro atoms. The van der Waals surface area contributed by atoms with E-state index in [2.05, 4.69) is 55.3 Å².